The van der Waals surface area contributed by atoms with E-state index in [1.807, 2.05) is 49.8 Å². The lowest BCUT2D eigenvalue weighted by Crippen LogP contribution is -2.23. The molecule has 1 amide bonds. The zero-order valence-electron chi connectivity index (χ0n) is 13.6. The first-order valence-corrected chi connectivity index (χ1v) is 8.46. The van der Waals surface area contributed by atoms with Crippen LogP contribution >= 0.6 is 11.3 Å². The van der Waals surface area contributed by atoms with Crippen LogP contribution < -0.4 is 5.32 Å². The fourth-order valence-electron chi connectivity index (χ4n) is 2.68. The molecule has 0 aliphatic heterocycles. The summed E-state index contributed by atoms with van der Waals surface area (Å²) in [6.07, 6.45) is 1.19. The molecule has 3 rings (SSSR count). The van der Waals surface area contributed by atoms with Gasteiger partial charge in [-0.15, -0.1) is 11.3 Å². The molecule has 0 saturated heterocycles. The Morgan fingerprint density at radius 2 is 2.09 bits per heavy atom. The van der Waals surface area contributed by atoms with E-state index in [2.05, 4.69) is 15.4 Å². The summed E-state index contributed by atoms with van der Waals surface area (Å²) in [6, 6.07) is 8.02. The molecule has 23 heavy (non-hydrogen) atoms. The van der Waals surface area contributed by atoms with Gasteiger partial charge in [0.05, 0.1) is 22.5 Å². The van der Waals surface area contributed by atoms with Crippen LogP contribution in [0.4, 0.5) is 0 Å². The minimum Gasteiger partial charge on any atom is -0.350 e. The van der Waals surface area contributed by atoms with Crippen LogP contribution in [0.25, 0.3) is 10.2 Å². The first-order chi connectivity index (χ1) is 11.0. The van der Waals surface area contributed by atoms with E-state index in [4.69, 9.17) is 0 Å². The molecule has 0 aliphatic rings. The van der Waals surface area contributed by atoms with Crippen LogP contribution in [0.2, 0.25) is 0 Å². The van der Waals surface area contributed by atoms with E-state index in [0.717, 1.165) is 33.0 Å². The molecule has 2 heterocycles. The second kappa shape index (κ2) is 6.50. The highest BCUT2D eigenvalue weighted by Crippen LogP contribution is 2.21. The molecule has 1 N–H and O–H groups in total. The molecule has 6 heteroatoms. The Kier molecular flexibility index (Phi) is 4.43. The summed E-state index contributed by atoms with van der Waals surface area (Å²) < 4.78 is 3.02. The lowest BCUT2D eigenvalue weighted by Gasteiger charge is -2.04. The smallest absolute Gasteiger partial charge is 0.220 e. The van der Waals surface area contributed by atoms with E-state index >= 15 is 0 Å². The summed E-state index contributed by atoms with van der Waals surface area (Å²) >= 11 is 1.62. The highest BCUT2D eigenvalue weighted by atomic mass is 32.1. The molecule has 1 aromatic carbocycles. The fraction of sp³-hybridized carbons (Fsp3) is 0.353. The summed E-state index contributed by atoms with van der Waals surface area (Å²) in [5.41, 5.74) is 4.29. The van der Waals surface area contributed by atoms with Crippen LogP contribution in [0.15, 0.2) is 24.3 Å². The number of nitrogens with zero attached hydrogens (tertiary/aromatic N) is 3. The van der Waals surface area contributed by atoms with Gasteiger partial charge < -0.3 is 5.32 Å². The van der Waals surface area contributed by atoms with Gasteiger partial charge in [0.1, 0.15) is 5.01 Å². The molecule has 0 saturated carbocycles. The number of benzene rings is 1. The van der Waals surface area contributed by atoms with Gasteiger partial charge in [0.15, 0.2) is 0 Å². The predicted molar refractivity (Wildman–Crippen MR) is 92.5 cm³/mol. The van der Waals surface area contributed by atoms with Gasteiger partial charge >= 0.3 is 0 Å². The predicted octanol–water partition coefficient (Wildman–Crippen LogP) is 2.90. The maximum Gasteiger partial charge on any atom is 0.220 e. The minimum absolute atomic E-state index is 0.0481. The van der Waals surface area contributed by atoms with Gasteiger partial charge in [-0.05, 0) is 38.0 Å². The van der Waals surface area contributed by atoms with Crippen LogP contribution in [0.1, 0.15) is 28.4 Å². The molecule has 3 aromatic rings. The Bertz CT molecular complexity index is 817. The fourth-order valence-corrected chi connectivity index (χ4v) is 3.58. The molecule has 0 spiro atoms. The summed E-state index contributed by atoms with van der Waals surface area (Å²) in [5.74, 6) is 0.0481. The largest absolute Gasteiger partial charge is 0.350 e. The second-order valence-corrected chi connectivity index (χ2v) is 6.74. The molecule has 0 aliphatic carbocycles. The molecule has 0 bridgehead atoms. The third-order valence-corrected chi connectivity index (χ3v) is 5.07. The van der Waals surface area contributed by atoms with Crippen molar-refractivity contribution in [1.29, 1.82) is 0 Å². The molecule has 0 fully saturated rings. The maximum absolute atomic E-state index is 12.1. The number of hydrogen-bond acceptors (Lipinski definition) is 4. The third kappa shape index (κ3) is 3.42. The monoisotopic (exact) mass is 328 g/mol. The molecule has 2 aromatic heterocycles. The van der Waals surface area contributed by atoms with E-state index in [1.54, 1.807) is 11.3 Å². The summed E-state index contributed by atoms with van der Waals surface area (Å²) in [6.45, 7) is 4.51. The van der Waals surface area contributed by atoms with Crippen molar-refractivity contribution < 1.29 is 4.79 Å². The lowest BCUT2D eigenvalue weighted by molar-refractivity contribution is -0.121. The number of nitrogens with one attached hydrogen (secondary N) is 1. The number of carbonyl (C=O) groups excluding carboxylic acids is 1. The highest BCUT2D eigenvalue weighted by Gasteiger charge is 2.11. The zero-order chi connectivity index (χ0) is 16.4. The number of para-hydroxylation sites is 1. The maximum atomic E-state index is 12.1. The first kappa shape index (κ1) is 15.7. The number of aryl methyl sites for hydroxylation is 2. The summed E-state index contributed by atoms with van der Waals surface area (Å²) in [4.78, 5) is 16.6. The number of thiazole rings is 1. The molecule has 0 atom stereocenters. The Balaban J connectivity index is 1.55. The molecule has 0 radical (unpaired) electrons. The second-order valence-electron chi connectivity index (χ2n) is 5.63. The quantitative estimate of drug-likeness (QED) is 0.783. The van der Waals surface area contributed by atoms with E-state index in [9.17, 15) is 4.79 Å². The molecule has 120 valence electrons. The van der Waals surface area contributed by atoms with Crippen molar-refractivity contribution in [2.75, 3.05) is 0 Å². The Labute approximate surface area is 139 Å². The van der Waals surface area contributed by atoms with Gasteiger partial charge in [0, 0.05) is 19.2 Å². The van der Waals surface area contributed by atoms with E-state index in [0.29, 0.717) is 13.0 Å². The number of hydrogen-bond donors (Lipinski definition) is 1. The number of carbonyl (C=O) groups is 1. The van der Waals surface area contributed by atoms with Crippen molar-refractivity contribution in [3.63, 3.8) is 0 Å². The van der Waals surface area contributed by atoms with E-state index in [1.165, 1.54) is 5.56 Å². The lowest BCUT2D eigenvalue weighted by atomic mass is 10.1. The van der Waals surface area contributed by atoms with Gasteiger partial charge in [0.25, 0.3) is 0 Å². The number of amides is 1. The molecular formula is C17H20N4OS. The minimum atomic E-state index is 0.0481. The van der Waals surface area contributed by atoms with Crippen LogP contribution in [0, 0.1) is 13.8 Å². The highest BCUT2D eigenvalue weighted by molar-refractivity contribution is 7.18. The van der Waals surface area contributed by atoms with Crippen LogP contribution in [0.3, 0.4) is 0 Å². The normalized spacial score (nSPS) is 11.1. The van der Waals surface area contributed by atoms with Gasteiger partial charge in [0.2, 0.25) is 5.91 Å². The average Bonchev–Trinajstić information content (AvgIpc) is 3.05. The standard InChI is InChI=1S/C17H20N4OS/c1-11-13(12(2)21(3)20-11)8-9-16(22)18-10-17-19-14-6-4-5-7-15(14)23-17/h4-7H,8-10H2,1-3H3,(H,18,22). The molecule has 0 unspecified atom stereocenters. The Morgan fingerprint density at radius 3 is 2.78 bits per heavy atom. The Morgan fingerprint density at radius 1 is 1.30 bits per heavy atom. The zero-order valence-corrected chi connectivity index (χ0v) is 14.4. The Hall–Kier alpha value is -2.21. The van der Waals surface area contributed by atoms with E-state index < -0.39 is 0 Å². The number of aromatic nitrogens is 3. The van der Waals surface area contributed by atoms with Gasteiger partial charge in [-0.1, -0.05) is 12.1 Å². The van der Waals surface area contributed by atoms with Crippen molar-refractivity contribution in [1.82, 2.24) is 20.1 Å². The first-order valence-electron chi connectivity index (χ1n) is 7.65. The van der Waals surface area contributed by atoms with Crippen LogP contribution in [0.5, 0.6) is 0 Å². The van der Waals surface area contributed by atoms with Crippen LogP contribution in [-0.2, 0) is 24.8 Å². The summed E-state index contributed by atoms with van der Waals surface area (Å²) in [5, 5.41) is 8.28. The number of fused-ring (bicyclic) bond motifs is 1. The van der Waals surface area contributed by atoms with Crippen molar-refractivity contribution in [2.24, 2.45) is 7.05 Å². The molecular weight excluding hydrogens is 308 g/mol. The van der Waals surface area contributed by atoms with Crippen molar-refractivity contribution in [3.8, 4) is 0 Å². The van der Waals surface area contributed by atoms with Gasteiger partial charge in [-0.3, -0.25) is 9.48 Å². The number of rotatable bonds is 5. The third-order valence-electron chi connectivity index (χ3n) is 4.04. The van der Waals surface area contributed by atoms with Crippen molar-refractivity contribution in [2.45, 2.75) is 33.2 Å². The van der Waals surface area contributed by atoms with Gasteiger partial charge in [-0.2, -0.15) is 5.10 Å². The van der Waals surface area contributed by atoms with Crippen molar-refractivity contribution in [3.05, 3.63) is 46.2 Å². The SMILES string of the molecule is Cc1nn(C)c(C)c1CCC(=O)NCc1nc2ccccc2s1. The summed E-state index contributed by atoms with van der Waals surface area (Å²) in [7, 11) is 1.93. The van der Waals surface area contributed by atoms with Crippen LogP contribution in [-0.4, -0.2) is 20.7 Å². The average molecular weight is 328 g/mol. The topological polar surface area (TPSA) is 59.8 Å². The van der Waals surface area contributed by atoms with Gasteiger partial charge in [-0.25, -0.2) is 4.98 Å². The van der Waals surface area contributed by atoms with Crippen molar-refractivity contribution >= 4 is 27.5 Å². The van der Waals surface area contributed by atoms with E-state index in [-0.39, 0.29) is 5.91 Å². The molecule has 5 nitrogen and oxygen atoms in total.